The van der Waals surface area contributed by atoms with Gasteiger partial charge in [0.15, 0.2) is 0 Å². The average molecular weight is 167 g/mol. The molecule has 1 radical (unpaired) electrons. The van der Waals surface area contributed by atoms with Gasteiger partial charge >= 0.3 is 0 Å². The maximum absolute atomic E-state index is 2.37. The van der Waals surface area contributed by atoms with Gasteiger partial charge in [0.1, 0.15) is 0 Å². The van der Waals surface area contributed by atoms with Gasteiger partial charge < -0.3 is 0 Å². The summed E-state index contributed by atoms with van der Waals surface area (Å²) in [7, 11) is 0.0950. The molecule has 0 heterocycles. The molecule has 57 valence electrons. The molecule has 0 fully saturated rings. The van der Waals surface area contributed by atoms with Crippen molar-refractivity contribution in [3.8, 4) is 0 Å². The van der Waals surface area contributed by atoms with Crippen molar-refractivity contribution in [2.24, 2.45) is 0 Å². The normalized spacial score (nSPS) is 19.6. The molecule has 0 nitrogen and oxygen atoms in total. The number of fused-ring (bicyclic) bond motifs is 1. The van der Waals surface area contributed by atoms with Crippen LogP contribution in [0.3, 0.4) is 0 Å². The Morgan fingerprint density at radius 2 is 2.00 bits per heavy atom. The number of hydrogen-bond acceptors (Lipinski definition) is 0. The predicted molar refractivity (Wildman–Crippen MR) is 58.4 cm³/mol. The van der Waals surface area contributed by atoms with Crippen LogP contribution >= 0.6 is 0 Å². The van der Waals surface area contributed by atoms with Crippen molar-refractivity contribution in [1.82, 2.24) is 0 Å². The molecule has 1 aliphatic rings. The summed E-state index contributed by atoms with van der Waals surface area (Å²) in [5, 5.41) is 0. The number of benzene rings is 1. The smallest absolute Gasteiger partial charge is 0.0304 e. The Morgan fingerprint density at radius 1 is 1.25 bits per heavy atom. The van der Waals surface area contributed by atoms with E-state index in [9.17, 15) is 0 Å². The van der Waals surface area contributed by atoms with Crippen LogP contribution in [0.1, 0.15) is 16.7 Å². The van der Waals surface area contributed by atoms with Gasteiger partial charge in [-0.05, 0) is 16.7 Å². The van der Waals surface area contributed by atoms with E-state index in [4.69, 9.17) is 0 Å². The molecule has 0 amide bonds. The van der Waals surface area contributed by atoms with Gasteiger partial charge in [0.05, 0.1) is 0 Å². The summed E-state index contributed by atoms with van der Waals surface area (Å²) in [5.41, 5.74) is 3.81. The van der Waals surface area contributed by atoms with Crippen molar-refractivity contribution in [1.29, 1.82) is 0 Å². The molecular formula is C10H12LiSi. The van der Waals surface area contributed by atoms with E-state index < -0.39 is 0 Å². The van der Waals surface area contributed by atoms with Crippen molar-refractivity contribution in [3.05, 3.63) is 41.5 Å². The first-order valence-corrected chi connectivity index (χ1v) is 6.42. The summed E-state index contributed by atoms with van der Waals surface area (Å²) >= 11 is 0. The van der Waals surface area contributed by atoms with E-state index >= 15 is 0 Å². The predicted octanol–water partition coefficient (Wildman–Crippen LogP) is 1.59. The van der Waals surface area contributed by atoms with Gasteiger partial charge in [-0.25, -0.2) is 0 Å². The van der Waals surface area contributed by atoms with E-state index in [0.29, 0.717) is 0 Å². The minimum Gasteiger partial charge on any atom is -0.0798 e. The molecule has 1 aromatic carbocycles. The van der Waals surface area contributed by atoms with E-state index in [0.717, 1.165) is 5.54 Å². The monoisotopic (exact) mass is 167 g/mol. The van der Waals surface area contributed by atoms with Gasteiger partial charge in [-0.1, -0.05) is 43.0 Å². The van der Waals surface area contributed by atoms with Crippen LogP contribution in [0, 0.1) is 0 Å². The van der Waals surface area contributed by atoms with Crippen LogP contribution in [0.4, 0.5) is 0 Å². The first-order valence-electron chi connectivity index (χ1n) is 4.19. The van der Waals surface area contributed by atoms with Crippen LogP contribution in [0.2, 0.25) is 6.55 Å². The molecule has 1 unspecified atom stereocenters. The quantitative estimate of drug-likeness (QED) is 0.557. The molecule has 1 aromatic rings. The van der Waals surface area contributed by atoms with E-state index in [2.05, 4.69) is 43.0 Å². The third kappa shape index (κ3) is 1.59. The molecule has 0 aliphatic heterocycles. The molecule has 0 N–H and O–H groups in total. The molecular weight excluding hydrogens is 155 g/mol. The zero-order chi connectivity index (χ0) is 7.68. The van der Waals surface area contributed by atoms with E-state index in [-0.39, 0.29) is 28.4 Å². The fourth-order valence-electron chi connectivity index (χ4n) is 1.68. The average Bonchev–Trinajstić information content (AvgIpc) is 2.47. The van der Waals surface area contributed by atoms with E-state index in [1.165, 1.54) is 5.56 Å². The number of hydrogen-bond donors (Lipinski definition) is 0. The second-order valence-corrected chi connectivity index (χ2v) is 4.70. The van der Waals surface area contributed by atoms with Crippen molar-refractivity contribution in [2.45, 2.75) is 12.1 Å². The molecule has 0 aromatic heterocycles. The van der Waals surface area contributed by atoms with Gasteiger partial charge in [-0.3, -0.25) is 0 Å². The Hall–Kier alpha value is -0.226. The van der Waals surface area contributed by atoms with Crippen LogP contribution in [0.25, 0.3) is 6.08 Å². The summed E-state index contributed by atoms with van der Waals surface area (Å²) in [4.78, 5) is 0. The third-order valence-electron chi connectivity index (χ3n) is 2.34. The van der Waals surface area contributed by atoms with Gasteiger partial charge in [-0.15, -0.1) is 0 Å². The molecule has 0 spiro atoms. The van der Waals surface area contributed by atoms with E-state index in [1.807, 2.05) is 0 Å². The minimum atomic E-state index is 0. The molecule has 1 atom stereocenters. The van der Waals surface area contributed by atoms with Crippen LogP contribution in [0.5, 0.6) is 0 Å². The van der Waals surface area contributed by atoms with Crippen molar-refractivity contribution in [3.63, 3.8) is 0 Å². The van der Waals surface area contributed by atoms with Crippen molar-refractivity contribution < 1.29 is 0 Å². The van der Waals surface area contributed by atoms with Crippen LogP contribution in [0.15, 0.2) is 30.3 Å². The zero-order valence-electron chi connectivity index (χ0n) is 7.75. The summed E-state index contributed by atoms with van der Waals surface area (Å²) in [5.74, 6) is 0. The number of rotatable bonds is 1. The maximum Gasteiger partial charge on any atom is 0.0304 e. The van der Waals surface area contributed by atoms with E-state index in [1.54, 1.807) is 5.56 Å². The number of allylic oxidation sites excluding steroid dienone is 1. The Bertz CT molecular complexity index is 294. The molecule has 2 heteroatoms. The summed E-state index contributed by atoms with van der Waals surface area (Å²) in [6.45, 7) is 2.37. The molecule has 12 heavy (non-hydrogen) atoms. The van der Waals surface area contributed by atoms with Gasteiger partial charge in [0.2, 0.25) is 0 Å². The summed E-state index contributed by atoms with van der Waals surface area (Å²) in [6.07, 6.45) is 4.62. The first-order chi connectivity index (χ1) is 5.42. The zero-order valence-corrected chi connectivity index (χ0v) is 9.16. The van der Waals surface area contributed by atoms with Crippen molar-refractivity contribution >= 4 is 34.5 Å². The van der Waals surface area contributed by atoms with Crippen LogP contribution in [-0.4, -0.2) is 28.4 Å². The third-order valence-corrected chi connectivity index (χ3v) is 3.94. The largest absolute Gasteiger partial charge is 0.0798 e. The maximum atomic E-state index is 2.37. The molecule has 0 saturated carbocycles. The summed E-state index contributed by atoms with van der Waals surface area (Å²) in [6, 6.07) is 8.72. The molecule has 0 bridgehead atoms. The molecule has 2 rings (SSSR count). The van der Waals surface area contributed by atoms with Crippen LogP contribution in [-0.2, 0) is 0 Å². The molecule has 1 aliphatic carbocycles. The van der Waals surface area contributed by atoms with Gasteiger partial charge in [0.25, 0.3) is 0 Å². The second kappa shape index (κ2) is 4.14. The Morgan fingerprint density at radius 3 is 2.75 bits per heavy atom. The standard InChI is InChI=1S/C10H12Si.Li/c1-11-10-7-6-8-4-2-3-5-9(8)10;/h2-7,10H,11H2,1H3;. The Kier molecular flexibility index (Phi) is 3.40. The fourth-order valence-corrected chi connectivity index (χ4v) is 2.90. The first kappa shape index (κ1) is 9.86. The molecule has 0 saturated heterocycles. The Labute approximate surface area is 88.1 Å². The van der Waals surface area contributed by atoms with Gasteiger partial charge in [-0.2, -0.15) is 0 Å². The Balaban J connectivity index is 0.000000720. The summed E-state index contributed by atoms with van der Waals surface area (Å²) < 4.78 is 0. The SMILES string of the molecule is C[SiH2]C1C=Cc2ccccc21.[Li]. The van der Waals surface area contributed by atoms with Crippen LogP contribution < -0.4 is 0 Å². The second-order valence-electron chi connectivity index (χ2n) is 3.00. The van der Waals surface area contributed by atoms with Gasteiger partial charge in [0, 0.05) is 28.4 Å². The fraction of sp³-hybridized carbons (Fsp3) is 0.200. The van der Waals surface area contributed by atoms with Crippen molar-refractivity contribution in [2.75, 3.05) is 0 Å². The topological polar surface area (TPSA) is 0 Å². The minimum absolute atomic E-state index is 0.